The van der Waals surface area contributed by atoms with E-state index in [9.17, 15) is 9.59 Å². The van der Waals surface area contributed by atoms with Gasteiger partial charge in [0.05, 0.1) is 19.8 Å². The molecule has 1 aromatic rings. The van der Waals surface area contributed by atoms with Gasteiger partial charge in [0.1, 0.15) is 11.5 Å². The van der Waals surface area contributed by atoms with Gasteiger partial charge in [-0.05, 0) is 31.0 Å². The summed E-state index contributed by atoms with van der Waals surface area (Å²) in [5.74, 6) is 0.183. The Morgan fingerprint density at radius 3 is 2.39 bits per heavy atom. The molecule has 1 amide bonds. The first-order valence-electron chi connectivity index (χ1n) is 7.80. The van der Waals surface area contributed by atoms with Crippen molar-refractivity contribution in [3.8, 4) is 11.5 Å². The van der Waals surface area contributed by atoms with Crippen LogP contribution < -0.4 is 14.8 Å². The molecule has 6 heteroatoms. The fourth-order valence-electron chi connectivity index (χ4n) is 2.22. The highest BCUT2D eigenvalue weighted by atomic mass is 16.5. The summed E-state index contributed by atoms with van der Waals surface area (Å²) < 4.78 is 10.3. The maximum absolute atomic E-state index is 12.2. The third-order valence-electron chi connectivity index (χ3n) is 3.50. The highest BCUT2D eigenvalue weighted by Crippen LogP contribution is 2.23. The molecule has 1 rings (SSSR count). The van der Waals surface area contributed by atoms with Crippen molar-refractivity contribution < 1.29 is 24.2 Å². The topological polar surface area (TPSA) is 84.9 Å². The van der Waals surface area contributed by atoms with Crippen molar-refractivity contribution in [1.82, 2.24) is 5.32 Å². The van der Waals surface area contributed by atoms with E-state index in [1.807, 2.05) is 0 Å². The summed E-state index contributed by atoms with van der Waals surface area (Å²) in [5, 5.41) is 11.4. The number of carboxylic acids is 1. The molecule has 1 aromatic carbocycles. The van der Waals surface area contributed by atoms with Crippen molar-refractivity contribution in [1.29, 1.82) is 0 Å². The maximum Gasteiger partial charge on any atom is 0.303 e. The smallest absolute Gasteiger partial charge is 0.303 e. The summed E-state index contributed by atoms with van der Waals surface area (Å²) in [6, 6.07) is 5.10. The number of ether oxygens (including phenoxy) is 2. The Hall–Kier alpha value is -2.24. The number of methoxy groups -OCH3 is 2. The van der Waals surface area contributed by atoms with Crippen molar-refractivity contribution >= 4 is 11.9 Å². The van der Waals surface area contributed by atoms with Gasteiger partial charge in [-0.1, -0.05) is 19.3 Å². The van der Waals surface area contributed by atoms with Gasteiger partial charge in [-0.2, -0.15) is 0 Å². The van der Waals surface area contributed by atoms with Crippen LogP contribution in [0.15, 0.2) is 18.2 Å². The molecule has 2 N–H and O–H groups in total. The fraction of sp³-hybridized carbons (Fsp3) is 0.529. The molecule has 0 spiro atoms. The zero-order valence-electron chi connectivity index (χ0n) is 13.8. The monoisotopic (exact) mass is 323 g/mol. The second-order valence-electron chi connectivity index (χ2n) is 5.23. The van der Waals surface area contributed by atoms with E-state index in [4.69, 9.17) is 14.6 Å². The molecule has 0 saturated heterocycles. The maximum atomic E-state index is 12.2. The van der Waals surface area contributed by atoms with Crippen LogP contribution in [0.4, 0.5) is 0 Å². The second kappa shape index (κ2) is 10.5. The molecule has 0 bridgehead atoms. The molecule has 0 aromatic heterocycles. The summed E-state index contributed by atoms with van der Waals surface area (Å²) in [5.41, 5.74) is 0.452. The molecule has 128 valence electrons. The fourth-order valence-corrected chi connectivity index (χ4v) is 2.22. The number of hydrogen-bond acceptors (Lipinski definition) is 4. The van der Waals surface area contributed by atoms with Gasteiger partial charge in [0, 0.05) is 13.0 Å². The molecular weight excluding hydrogens is 298 g/mol. The highest BCUT2D eigenvalue weighted by Gasteiger charge is 2.12. The first kappa shape index (κ1) is 18.8. The van der Waals surface area contributed by atoms with Crippen LogP contribution in [0.2, 0.25) is 0 Å². The first-order chi connectivity index (χ1) is 11.1. The SMILES string of the molecule is COc1ccc(OC)c(C(=O)NCCCCCCCC(=O)O)c1. The Labute approximate surface area is 136 Å². The minimum Gasteiger partial charge on any atom is -0.497 e. The van der Waals surface area contributed by atoms with Crippen LogP contribution in [0.1, 0.15) is 48.9 Å². The average molecular weight is 323 g/mol. The number of hydrogen-bond donors (Lipinski definition) is 2. The van der Waals surface area contributed by atoms with Crippen molar-refractivity contribution in [2.45, 2.75) is 38.5 Å². The summed E-state index contributed by atoms with van der Waals surface area (Å²) in [7, 11) is 3.07. The number of unbranched alkanes of at least 4 members (excludes halogenated alkanes) is 4. The largest absolute Gasteiger partial charge is 0.497 e. The van der Waals surface area contributed by atoms with Gasteiger partial charge in [-0.15, -0.1) is 0 Å². The molecule has 0 fully saturated rings. The van der Waals surface area contributed by atoms with Crippen LogP contribution in [0, 0.1) is 0 Å². The quantitative estimate of drug-likeness (QED) is 0.612. The van der Waals surface area contributed by atoms with Crippen LogP contribution in [-0.2, 0) is 4.79 Å². The summed E-state index contributed by atoms with van der Waals surface area (Å²) in [6.45, 7) is 0.581. The van der Waals surface area contributed by atoms with Crippen LogP contribution in [0.25, 0.3) is 0 Å². The average Bonchev–Trinajstić information content (AvgIpc) is 2.56. The molecular formula is C17H25NO5. The summed E-state index contributed by atoms with van der Waals surface area (Å²) in [4.78, 5) is 22.6. The molecule has 0 atom stereocenters. The Morgan fingerprint density at radius 1 is 1.04 bits per heavy atom. The van der Waals surface area contributed by atoms with Gasteiger partial charge in [0.25, 0.3) is 5.91 Å². The van der Waals surface area contributed by atoms with Crippen molar-refractivity contribution in [2.75, 3.05) is 20.8 Å². The molecule has 0 radical (unpaired) electrons. The Morgan fingerprint density at radius 2 is 1.74 bits per heavy atom. The lowest BCUT2D eigenvalue weighted by molar-refractivity contribution is -0.137. The van der Waals surface area contributed by atoms with Gasteiger partial charge in [-0.3, -0.25) is 9.59 Å². The lowest BCUT2D eigenvalue weighted by atomic mass is 10.1. The predicted octanol–water partition coefficient (Wildman–Crippen LogP) is 2.86. The number of carboxylic acid groups (broad SMARTS) is 1. The number of aliphatic carboxylic acids is 1. The van der Waals surface area contributed by atoms with Crippen LogP contribution in [0.3, 0.4) is 0 Å². The van der Waals surface area contributed by atoms with E-state index in [0.29, 0.717) is 30.0 Å². The van der Waals surface area contributed by atoms with Gasteiger partial charge in [0.2, 0.25) is 0 Å². The Bertz CT molecular complexity index is 516. The Kier molecular flexibility index (Phi) is 8.57. The third kappa shape index (κ3) is 7.04. The van der Waals surface area contributed by atoms with Crippen molar-refractivity contribution in [2.24, 2.45) is 0 Å². The molecule has 0 saturated carbocycles. The van der Waals surface area contributed by atoms with Crippen molar-refractivity contribution in [3.05, 3.63) is 23.8 Å². The standard InChI is InChI=1S/C17H25NO5/c1-22-13-9-10-15(23-2)14(12-13)17(21)18-11-7-5-3-4-6-8-16(19)20/h9-10,12H,3-8,11H2,1-2H3,(H,18,21)(H,19,20). The molecule has 6 nitrogen and oxygen atoms in total. The number of amides is 1. The zero-order valence-corrected chi connectivity index (χ0v) is 13.8. The van der Waals surface area contributed by atoms with Crippen LogP contribution in [0.5, 0.6) is 11.5 Å². The van der Waals surface area contributed by atoms with Gasteiger partial charge in [-0.25, -0.2) is 0 Å². The normalized spacial score (nSPS) is 10.2. The first-order valence-corrected chi connectivity index (χ1v) is 7.80. The molecule has 0 aliphatic heterocycles. The number of carbonyl (C=O) groups is 2. The Balaban J connectivity index is 2.30. The van der Waals surface area contributed by atoms with E-state index in [1.54, 1.807) is 25.3 Å². The van der Waals surface area contributed by atoms with Gasteiger partial charge in [0.15, 0.2) is 0 Å². The third-order valence-corrected chi connectivity index (χ3v) is 3.50. The van der Waals surface area contributed by atoms with E-state index in [2.05, 4.69) is 5.32 Å². The van der Waals surface area contributed by atoms with Crippen LogP contribution in [-0.4, -0.2) is 37.7 Å². The lowest BCUT2D eigenvalue weighted by Crippen LogP contribution is -2.25. The second-order valence-corrected chi connectivity index (χ2v) is 5.23. The van der Waals surface area contributed by atoms with Gasteiger partial charge < -0.3 is 19.9 Å². The van der Waals surface area contributed by atoms with E-state index in [-0.39, 0.29) is 12.3 Å². The molecule has 0 aliphatic carbocycles. The van der Waals surface area contributed by atoms with Gasteiger partial charge >= 0.3 is 5.97 Å². The van der Waals surface area contributed by atoms with E-state index >= 15 is 0 Å². The minimum absolute atomic E-state index is 0.188. The number of carbonyl (C=O) groups excluding carboxylic acids is 1. The predicted molar refractivity (Wildman–Crippen MR) is 87.2 cm³/mol. The van der Waals surface area contributed by atoms with E-state index in [0.717, 1.165) is 25.7 Å². The molecule has 0 heterocycles. The summed E-state index contributed by atoms with van der Waals surface area (Å²) >= 11 is 0. The molecule has 0 unspecified atom stereocenters. The van der Waals surface area contributed by atoms with E-state index < -0.39 is 5.97 Å². The lowest BCUT2D eigenvalue weighted by Gasteiger charge is -2.11. The number of rotatable bonds is 11. The highest BCUT2D eigenvalue weighted by molar-refractivity contribution is 5.97. The minimum atomic E-state index is -0.746. The molecule has 23 heavy (non-hydrogen) atoms. The van der Waals surface area contributed by atoms with Crippen molar-refractivity contribution in [3.63, 3.8) is 0 Å². The zero-order chi connectivity index (χ0) is 17.1. The summed E-state index contributed by atoms with van der Waals surface area (Å²) in [6.07, 6.45) is 4.66. The number of nitrogens with one attached hydrogen (secondary N) is 1. The number of benzene rings is 1. The molecule has 0 aliphatic rings. The van der Waals surface area contributed by atoms with Crippen LogP contribution >= 0.6 is 0 Å². The van der Waals surface area contributed by atoms with E-state index in [1.165, 1.54) is 7.11 Å².